The van der Waals surface area contributed by atoms with E-state index < -0.39 is 0 Å². The molecule has 90 valence electrons. The SMILES string of the molecule is Cc1cc2nc(C3CCC(N)C3)[nH]c2cc1C. The number of fused-ring (bicyclic) bond motifs is 1. The zero-order chi connectivity index (χ0) is 12.0. The average molecular weight is 229 g/mol. The Morgan fingerprint density at radius 3 is 2.71 bits per heavy atom. The number of nitrogens with two attached hydrogens (primary N) is 1. The number of hydrogen-bond acceptors (Lipinski definition) is 2. The highest BCUT2D eigenvalue weighted by Crippen LogP contribution is 2.33. The van der Waals surface area contributed by atoms with Crippen LogP contribution in [0.3, 0.4) is 0 Å². The van der Waals surface area contributed by atoms with Crippen LogP contribution in [-0.2, 0) is 0 Å². The molecule has 1 aliphatic carbocycles. The summed E-state index contributed by atoms with van der Waals surface area (Å²) in [6, 6.07) is 4.71. The molecule has 2 atom stereocenters. The highest BCUT2D eigenvalue weighted by atomic mass is 14.9. The van der Waals surface area contributed by atoms with Gasteiger partial charge >= 0.3 is 0 Å². The number of hydrogen-bond donors (Lipinski definition) is 2. The van der Waals surface area contributed by atoms with Crippen molar-refractivity contribution in [1.82, 2.24) is 9.97 Å². The van der Waals surface area contributed by atoms with Crippen LogP contribution in [0.1, 0.15) is 42.1 Å². The smallest absolute Gasteiger partial charge is 0.110 e. The van der Waals surface area contributed by atoms with Gasteiger partial charge in [0, 0.05) is 12.0 Å². The second-order valence-electron chi connectivity index (χ2n) is 5.35. The molecule has 1 saturated carbocycles. The van der Waals surface area contributed by atoms with Gasteiger partial charge in [-0.05, 0) is 56.4 Å². The van der Waals surface area contributed by atoms with Crippen LogP contribution in [0.15, 0.2) is 12.1 Å². The summed E-state index contributed by atoms with van der Waals surface area (Å²) in [5.74, 6) is 1.65. The molecule has 2 aromatic rings. The fourth-order valence-corrected chi connectivity index (χ4v) is 2.75. The highest BCUT2D eigenvalue weighted by molar-refractivity contribution is 5.77. The molecule has 1 aromatic carbocycles. The second kappa shape index (κ2) is 3.84. The van der Waals surface area contributed by atoms with Crippen LogP contribution < -0.4 is 5.73 Å². The van der Waals surface area contributed by atoms with Gasteiger partial charge in [-0.2, -0.15) is 0 Å². The van der Waals surface area contributed by atoms with E-state index in [-0.39, 0.29) is 0 Å². The van der Waals surface area contributed by atoms with Gasteiger partial charge < -0.3 is 10.7 Å². The van der Waals surface area contributed by atoms with Gasteiger partial charge in [-0.1, -0.05) is 0 Å². The van der Waals surface area contributed by atoms with Crippen molar-refractivity contribution in [2.45, 2.75) is 45.1 Å². The first kappa shape index (κ1) is 10.8. The molecule has 1 aromatic heterocycles. The van der Waals surface area contributed by atoms with E-state index in [0.717, 1.165) is 29.7 Å². The summed E-state index contributed by atoms with van der Waals surface area (Å²) in [6.45, 7) is 4.27. The minimum Gasteiger partial charge on any atom is -0.342 e. The zero-order valence-corrected chi connectivity index (χ0v) is 10.5. The third-order valence-electron chi connectivity index (χ3n) is 3.98. The minimum atomic E-state index is 0.358. The summed E-state index contributed by atoms with van der Waals surface area (Å²) >= 11 is 0. The summed E-state index contributed by atoms with van der Waals surface area (Å²) in [7, 11) is 0. The number of benzene rings is 1. The van der Waals surface area contributed by atoms with Crippen LogP contribution in [0.4, 0.5) is 0 Å². The highest BCUT2D eigenvalue weighted by Gasteiger charge is 2.25. The topological polar surface area (TPSA) is 54.7 Å². The summed E-state index contributed by atoms with van der Waals surface area (Å²) < 4.78 is 0. The van der Waals surface area contributed by atoms with Crippen molar-refractivity contribution >= 4 is 11.0 Å². The molecule has 1 heterocycles. The molecule has 0 amide bonds. The Balaban J connectivity index is 2.02. The Labute approximate surface area is 101 Å². The van der Waals surface area contributed by atoms with Crippen molar-refractivity contribution in [3.05, 3.63) is 29.1 Å². The number of rotatable bonds is 1. The molecule has 3 nitrogen and oxygen atoms in total. The van der Waals surface area contributed by atoms with Crippen molar-refractivity contribution in [2.24, 2.45) is 5.73 Å². The van der Waals surface area contributed by atoms with Crippen molar-refractivity contribution < 1.29 is 0 Å². The first-order valence-corrected chi connectivity index (χ1v) is 6.36. The van der Waals surface area contributed by atoms with Crippen LogP contribution in [0, 0.1) is 13.8 Å². The lowest BCUT2D eigenvalue weighted by atomic mass is 10.1. The maximum Gasteiger partial charge on any atom is 0.110 e. The monoisotopic (exact) mass is 229 g/mol. The fourth-order valence-electron chi connectivity index (χ4n) is 2.75. The molecule has 3 N–H and O–H groups in total. The number of aromatic amines is 1. The molecule has 3 heteroatoms. The van der Waals surface area contributed by atoms with E-state index in [0.29, 0.717) is 12.0 Å². The number of H-pyrrole nitrogens is 1. The summed E-state index contributed by atoms with van der Waals surface area (Å²) in [5, 5.41) is 0. The number of nitrogens with zero attached hydrogens (tertiary/aromatic N) is 1. The van der Waals surface area contributed by atoms with E-state index in [1.807, 2.05) is 0 Å². The summed E-state index contributed by atoms with van der Waals surface area (Å²) in [5.41, 5.74) is 10.8. The number of nitrogens with one attached hydrogen (secondary N) is 1. The van der Waals surface area contributed by atoms with Crippen LogP contribution in [0.25, 0.3) is 11.0 Å². The van der Waals surface area contributed by atoms with E-state index >= 15 is 0 Å². The van der Waals surface area contributed by atoms with E-state index in [1.165, 1.54) is 17.5 Å². The third kappa shape index (κ3) is 1.84. The molecule has 0 radical (unpaired) electrons. The Bertz CT molecular complexity index is 517. The molecule has 1 fully saturated rings. The van der Waals surface area contributed by atoms with Gasteiger partial charge in [0.25, 0.3) is 0 Å². The van der Waals surface area contributed by atoms with Crippen LogP contribution in [-0.4, -0.2) is 16.0 Å². The molecular weight excluding hydrogens is 210 g/mol. The van der Waals surface area contributed by atoms with Crippen molar-refractivity contribution in [3.63, 3.8) is 0 Å². The average Bonchev–Trinajstić information content (AvgIpc) is 2.85. The predicted octanol–water partition coefficient (Wildman–Crippen LogP) is 2.77. The van der Waals surface area contributed by atoms with Gasteiger partial charge in [-0.3, -0.25) is 0 Å². The lowest BCUT2D eigenvalue weighted by molar-refractivity contribution is 0.651. The number of imidazole rings is 1. The lowest BCUT2D eigenvalue weighted by Crippen LogP contribution is -2.14. The molecule has 0 aliphatic heterocycles. The first-order valence-electron chi connectivity index (χ1n) is 6.36. The molecule has 1 aliphatic rings. The Morgan fingerprint density at radius 1 is 1.24 bits per heavy atom. The molecule has 3 rings (SSSR count). The fraction of sp³-hybridized carbons (Fsp3) is 0.500. The summed E-state index contributed by atoms with van der Waals surface area (Å²) in [4.78, 5) is 8.18. The molecule has 0 saturated heterocycles. The van der Waals surface area contributed by atoms with E-state index in [4.69, 9.17) is 10.7 Å². The van der Waals surface area contributed by atoms with Crippen LogP contribution in [0.5, 0.6) is 0 Å². The molecule has 0 spiro atoms. The van der Waals surface area contributed by atoms with Gasteiger partial charge in [0.05, 0.1) is 11.0 Å². The first-order chi connectivity index (χ1) is 8.13. The predicted molar refractivity (Wildman–Crippen MR) is 70.1 cm³/mol. The minimum absolute atomic E-state index is 0.358. The maximum absolute atomic E-state index is 5.96. The van der Waals surface area contributed by atoms with E-state index in [2.05, 4.69) is 31.0 Å². The Morgan fingerprint density at radius 2 is 2.00 bits per heavy atom. The largest absolute Gasteiger partial charge is 0.342 e. The van der Waals surface area contributed by atoms with Crippen LogP contribution >= 0.6 is 0 Å². The quantitative estimate of drug-likeness (QED) is 0.790. The van der Waals surface area contributed by atoms with Gasteiger partial charge in [0.15, 0.2) is 0 Å². The van der Waals surface area contributed by atoms with Crippen molar-refractivity contribution in [2.75, 3.05) is 0 Å². The summed E-state index contributed by atoms with van der Waals surface area (Å²) in [6.07, 6.45) is 3.36. The van der Waals surface area contributed by atoms with Gasteiger partial charge in [0.2, 0.25) is 0 Å². The maximum atomic E-state index is 5.96. The van der Waals surface area contributed by atoms with E-state index in [9.17, 15) is 0 Å². The zero-order valence-electron chi connectivity index (χ0n) is 10.5. The molecule has 0 bridgehead atoms. The molecule has 2 unspecified atom stereocenters. The lowest BCUT2D eigenvalue weighted by Gasteiger charge is -2.04. The van der Waals surface area contributed by atoms with Gasteiger partial charge in [-0.15, -0.1) is 0 Å². The number of aromatic nitrogens is 2. The van der Waals surface area contributed by atoms with Crippen molar-refractivity contribution in [3.8, 4) is 0 Å². The molecule has 17 heavy (non-hydrogen) atoms. The van der Waals surface area contributed by atoms with Crippen molar-refractivity contribution in [1.29, 1.82) is 0 Å². The Hall–Kier alpha value is -1.35. The third-order valence-corrected chi connectivity index (χ3v) is 3.98. The standard InChI is InChI=1S/C14H19N3/c1-8-5-12-13(6-9(8)2)17-14(16-12)10-3-4-11(15)7-10/h5-6,10-11H,3-4,7,15H2,1-2H3,(H,16,17). The van der Waals surface area contributed by atoms with E-state index in [1.54, 1.807) is 0 Å². The van der Waals surface area contributed by atoms with Crippen LogP contribution in [0.2, 0.25) is 0 Å². The second-order valence-corrected chi connectivity index (χ2v) is 5.35. The van der Waals surface area contributed by atoms with Gasteiger partial charge in [-0.25, -0.2) is 4.98 Å². The molecular formula is C14H19N3. The number of aryl methyl sites for hydroxylation is 2. The normalized spacial score (nSPS) is 24.6. The Kier molecular flexibility index (Phi) is 2.44. The van der Waals surface area contributed by atoms with Gasteiger partial charge in [0.1, 0.15) is 5.82 Å².